The Morgan fingerprint density at radius 3 is 2.50 bits per heavy atom. The minimum atomic E-state index is 0. The summed E-state index contributed by atoms with van der Waals surface area (Å²) in [4.78, 5) is 17.4. The molecule has 1 aliphatic carbocycles. The van der Waals surface area contributed by atoms with Crippen LogP contribution in [0.4, 0.5) is 0 Å². The van der Waals surface area contributed by atoms with Crippen LogP contribution >= 0.6 is 24.8 Å². The summed E-state index contributed by atoms with van der Waals surface area (Å²) >= 11 is 0. The molecule has 1 saturated carbocycles. The number of hydrogen-bond acceptors (Lipinski definition) is 4. The number of piperidine rings is 1. The summed E-state index contributed by atoms with van der Waals surface area (Å²) in [6.07, 6.45) is 6.54. The van der Waals surface area contributed by atoms with Gasteiger partial charge in [-0.15, -0.1) is 24.8 Å². The van der Waals surface area contributed by atoms with E-state index in [1.54, 1.807) is 0 Å². The number of amides is 1. The van der Waals surface area contributed by atoms with Gasteiger partial charge in [-0.05, 0) is 38.0 Å². The van der Waals surface area contributed by atoms with Gasteiger partial charge in [-0.1, -0.05) is 6.42 Å². The van der Waals surface area contributed by atoms with Gasteiger partial charge in [0.2, 0.25) is 5.91 Å². The normalized spacial score (nSPS) is 31.7. The zero-order valence-electron chi connectivity index (χ0n) is 14.5. The largest absolute Gasteiger partial charge is 0.379 e. The number of halogens is 2. The molecule has 3 aliphatic rings. The highest BCUT2D eigenvalue weighted by molar-refractivity contribution is 5.85. The van der Waals surface area contributed by atoms with Gasteiger partial charge < -0.3 is 15.4 Å². The molecule has 0 bridgehead atoms. The van der Waals surface area contributed by atoms with Crippen LogP contribution in [0.2, 0.25) is 0 Å². The molecule has 5 nitrogen and oxygen atoms in total. The highest BCUT2D eigenvalue weighted by Crippen LogP contribution is 2.27. The number of morpholine rings is 1. The van der Waals surface area contributed by atoms with E-state index in [4.69, 9.17) is 10.5 Å². The second-order valence-electron chi connectivity index (χ2n) is 7.33. The lowest BCUT2D eigenvalue weighted by atomic mass is 9.84. The number of carbonyl (C=O) groups is 1. The first-order valence-electron chi connectivity index (χ1n) is 9.07. The van der Waals surface area contributed by atoms with E-state index in [1.807, 2.05) is 0 Å². The van der Waals surface area contributed by atoms with Gasteiger partial charge in [-0.2, -0.15) is 0 Å². The maximum absolute atomic E-state index is 12.8. The first-order valence-corrected chi connectivity index (χ1v) is 9.07. The van der Waals surface area contributed by atoms with E-state index >= 15 is 0 Å². The van der Waals surface area contributed by atoms with Crippen LogP contribution in [-0.2, 0) is 9.53 Å². The van der Waals surface area contributed by atoms with Crippen molar-refractivity contribution in [3.05, 3.63) is 0 Å². The van der Waals surface area contributed by atoms with Crippen molar-refractivity contribution in [3.63, 3.8) is 0 Å². The Morgan fingerprint density at radius 2 is 1.79 bits per heavy atom. The van der Waals surface area contributed by atoms with Crippen LogP contribution in [-0.4, -0.2) is 67.7 Å². The van der Waals surface area contributed by atoms with Crippen molar-refractivity contribution in [2.75, 3.05) is 45.9 Å². The lowest BCUT2D eigenvalue weighted by Gasteiger charge is -2.39. The summed E-state index contributed by atoms with van der Waals surface area (Å²) in [6.45, 7) is 6.82. The zero-order chi connectivity index (χ0) is 15.4. The van der Waals surface area contributed by atoms with Crippen molar-refractivity contribution in [1.82, 2.24) is 9.80 Å². The lowest BCUT2D eigenvalue weighted by molar-refractivity contribution is -0.138. The van der Waals surface area contributed by atoms with Crippen LogP contribution in [0.25, 0.3) is 0 Å². The van der Waals surface area contributed by atoms with Crippen molar-refractivity contribution >= 4 is 30.7 Å². The highest BCUT2D eigenvalue weighted by atomic mass is 35.5. The molecule has 142 valence electrons. The third-order valence-corrected chi connectivity index (χ3v) is 5.51. The first-order chi connectivity index (χ1) is 10.7. The molecular weight excluding hydrogens is 349 g/mol. The third-order valence-electron chi connectivity index (χ3n) is 5.51. The molecule has 3 rings (SSSR count). The molecule has 0 spiro atoms. The van der Waals surface area contributed by atoms with E-state index in [-0.39, 0.29) is 36.8 Å². The van der Waals surface area contributed by atoms with Gasteiger partial charge in [0.25, 0.3) is 0 Å². The summed E-state index contributed by atoms with van der Waals surface area (Å²) in [6, 6.07) is 0.233. The van der Waals surface area contributed by atoms with E-state index in [2.05, 4.69) is 9.80 Å². The molecule has 3 fully saturated rings. The Kier molecular flexibility index (Phi) is 9.90. The fourth-order valence-corrected chi connectivity index (χ4v) is 4.27. The van der Waals surface area contributed by atoms with Crippen LogP contribution in [0, 0.1) is 11.8 Å². The second-order valence-corrected chi connectivity index (χ2v) is 7.33. The number of nitrogens with two attached hydrogens (primary N) is 1. The number of ether oxygens (including phenoxy) is 1. The Morgan fingerprint density at radius 1 is 1.04 bits per heavy atom. The van der Waals surface area contributed by atoms with Crippen LogP contribution in [0.1, 0.15) is 38.5 Å². The average Bonchev–Trinajstić information content (AvgIpc) is 2.55. The van der Waals surface area contributed by atoms with Crippen molar-refractivity contribution in [3.8, 4) is 0 Å². The van der Waals surface area contributed by atoms with Crippen molar-refractivity contribution < 1.29 is 9.53 Å². The molecule has 3 unspecified atom stereocenters. The summed E-state index contributed by atoms with van der Waals surface area (Å²) < 4.78 is 5.42. The van der Waals surface area contributed by atoms with Gasteiger partial charge in [0, 0.05) is 44.7 Å². The number of hydrogen-bond donors (Lipinski definition) is 1. The average molecular weight is 382 g/mol. The third kappa shape index (κ3) is 6.03. The summed E-state index contributed by atoms with van der Waals surface area (Å²) in [5.41, 5.74) is 6.05. The lowest BCUT2D eigenvalue weighted by Crippen LogP contribution is -2.48. The molecule has 0 aromatic carbocycles. The highest BCUT2D eigenvalue weighted by Gasteiger charge is 2.32. The number of nitrogens with zero attached hydrogens (tertiary/aromatic N) is 2. The minimum Gasteiger partial charge on any atom is -0.379 e. The minimum absolute atomic E-state index is 0. The smallest absolute Gasteiger partial charge is 0.225 e. The van der Waals surface area contributed by atoms with Gasteiger partial charge in [0.15, 0.2) is 0 Å². The molecule has 2 N–H and O–H groups in total. The van der Waals surface area contributed by atoms with E-state index in [9.17, 15) is 4.79 Å². The van der Waals surface area contributed by atoms with E-state index in [1.165, 1.54) is 6.42 Å². The number of rotatable bonds is 3. The maximum Gasteiger partial charge on any atom is 0.225 e. The topological polar surface area (TPSA) is 58.8 Å². The van der Waals surface area contributed by atoms with Crippen LogP contribution < -0.4 is 5.73 Å². The maximum atomic E-state index is 12.8. The standard InChI is InChI=1S/C17H31N3O2.2ClH/c18-16-5-1-4-15(11-16)17(21)20-6-2-3-14(13-20)12-19-7-9-22-10-8-19;;/h14-16H,1-13,18H2;2*1H. The van der Waals surface area contributed by atoms with Gasteiger partial charge in [0.05, 0.1) is 13.2 Å². The molecule has 7 heteroatoms. The molecule has 3 atom stereocenters. The predicted octanol–water partition coefficient (Wildman–Crippen LogP) is 1.92. The SMILES string of the molecule is Cl.Cl.NC1CCCC(C(=O)N2CCCC(CN3CCOCC3)C2)C1. The predicted molar refractivity (Wildman–Crippen MR) is 101 cm³/mol. The summed E-state index contributed by atoms with van der Waals surface area (Å²) in [5.74, 6) is 1.20. The fraction of sp³-hybridized carbons (Fsp3) is 0.941. The Hall–Kier alpha value is -0.0700. The fourth-order valence-electron chi connectivity index (χ4n) is 4.27. The van der Waals surface area contributed by atoms with Crippen LogP contribution in [0.3, 0.4) is 0 Å². The van der Waals surface area contributed by atoms with E-state index in [0.29, 0.717) is 11.8 Å². The van der Waals surface area contributed by atoms with Crippen LogP contribution in [0.15, 0.2) is 0 Å². The quantitative estimate of drug-likeness (QED) is 0.810. The van der Waals surface area contributed by atoms with Crippen molar-refractivity contribution in [2.24, 2.45) is 17.6 Å². The van der Waals surface area contributed by atoms with Gasteiger partial charge >= 0.3 is 0 Å². The molecule has 1 amide bonds. The molecule has 2 aliphatic heterocycles. The van der Waals surface area contributed by atoms with Gasteiger partial charge in [-0.25, -0.2) is 0 Å². The molecule has 2 heterocycles. The summed E-state index contributed by atoms with van der Waals surface area (Å²) in [5, 5.41) is 0. The van der Waals surface area contributed by atoms with E-state index < -0.39 is 0 Å². The second kappa shape index (κ2) is 10.8. The number of carbonyl (C=O) groups excluding carboxylic acids is 1. The molecule has 0 aromatic heterocycles. The van der Waals surface area contributed by atoms with Crippen molar-refractivity contribution in [1.29, 1.82) is 0 Å². The Labute approximate surface area is 158 Å². The van der Waals surface area contributed by atoms with Crippen molar-refractivity contribution in [2.45, 2.75) is 44.6 Å². The first kappa shape index (κ1) is 22.0. The molecule has 0 radical (unpaired) electrons. The zero-order valence-corrected chi connectivity index (χ0v) is 16.2. The molecule has 24 heavy (non-hydrogen) atoms. The van der Waals surface area contributed by atoms with Crippen LogP contribution in [0.5, 0.6) is 0 Å². The Bertz CT molecular complexity index is 381. The molecule has 2 saturated heterocycles. The van der Waals surface area contributed by atoms with Gasteiger partial charge in [0.1, 0.15) is 0 Å². The summed E-state index contributed by atoms with van der Waals surface area (Å²) in [7, 11) is 0. The number of likely N-dealkylation sites (tertiary alicyclic amines) is 1. The Balaban J connectivity index is 0.00000144. The monoisotopic (exact) mass is 381 g/mol. The van der Waals surface area contributed by atoms with Gasteiger partial charge in [-0.3, -0.25) is 9.69 Å². The van der Waals surface area contributed by atoms with E-state index in [0.717, 1.165) is 78.0 Å². The molecular formula is C17H33Cl2N3O2. The molecule has 0 aromatic rings.